The second kappa shape index (κ2) is 4.58. The minimum Gasteiger partial charge on any atom is -0.453 e. The van der Waals surface area contributed by atoms with Gasteiger partial charge in [0, 0.05) is 11.3 Å². The summed E-state index contributed by atoms with van der Waals surface area (Å²) in [4.78, 5) is 12.3. The summed E-state index contributed by atoms with van der Waals surface area (Å²) in [7, 11) is 0. The van der Waals surface area contributed by atoms with Crippen LogP contribution in [0.4, 0.5) is 0 Å². The second-order valence-electron chi connectivity index (χ2n) is 5.04. The molecule has 1 saturated heterocycles. The number of carbonyl (C=O) groups is 1. The first kappa shape index (κ1) is 11.5. The average Bonchev–Trinajstić information content (AvgIpc) is 2.81. The molecule has 2 aromatic rings. The van der Waals surface area contributed by atoms with Gasteiger partial charge < -0.3 is 9.73 Å². The van der Waals surface area contributed by atoms with E-state index in [9.17, 15) is 4.79 Å². The summed E-state index contributed by atoms with van der Waals surface area (Å²) in [5.41, 5.74) is 1.99. The van der Waals surface area contributed by atoms with E-state index in [1.807, 2.05) is 25.1 Å². The SMILES string of the molecule is Cc1ccc2oc(C(=O)C3CCNCC3)cc2c1. The van der Waals surface area contributed by atoms with Gasteiger partial charge in [0.25, 0.3) is 0 Å². The molecule has 1 aliphatic heterocycles. The first-order chi connectivity index (χ1) is 8.74. The molecule has 3 heteroatoms. The highest BCUT2D eigenvalue weighted by Gasteiger charge is 2.24. The molecule has 1 N–H and O–H groups in total. The number of ketones is 1. The lowest BCUT2D eigenvalue weighted by Gasteiger charge is -2.20. The number of nitrogens with one attached hydrogen (secondary N) is 1. The fraction of sp³-hybridized carbons (Fsp3) is 0.400. The Morgan fingerprint density at radius 2 is 2.06 bits per heavy atom. The Morgan fingerprint density at radius 1 is 1.28 bits per heavy atom. The number of benzene rings is 1. The molecular weight excluding hydrogens is 226 g/mol. The molecule has 1 aromatic carbocycles. The lowest BCUT2D eigenvalue weighted by atomic mass is 9.92. The van der Waals surface area contributed by atoms with Crippen LogP contribution in [0, 0.1) is 12.8 Å². The molecule has 1 aromatic heterocycles. The molecule has 3 nitrogen and oxygen atoms in total. The van der Waals surface area contributed by atoms with Crippen molar-refractivity contribution in [2.75, 3.05) is 13.1 Å². The van der Waals surface area contributed by atoms with Gasteiger partial charge in [0.1, 0.15) is 5.58 Å². The quantitative estimate of drug-likeness (QED) is 0.825. The van der Waals surface area contributed by atoms with Gasteiger partial charge in [0.15, 0.2) is 5.76 Å². The molecule has 0 bridgehead atoms. The van der Waals surface area contributed by atoms with E-state index in [-0.39, 0.29) is 11.7 Å². The highest BCUT2D eigenvalue weighted by molar-refractivity contribution is 5.99. The Morgan fingerprint density at radius 3 is 2.83 bits per heavy atom. The molecule has 0 radical (unpaired) electrons. The lowest BCUT2D eigenvalue weighted by molar-refractivity contribution is 0.0868. The maximum atomic E-state index is 12.3. The van der Waals surface area contributed by atoms with E-state index < -0.39 is 0 Å². The van der Waals surface area contributed by atoms with Crippen molar-refractivity contribution in [2.24, 2.45) is 5.92 Å². The topological polar surface area (TPSA) is 42.2 Å². The van der Waals surface area contributed by atoms with Gasteiger partial charge >= 0.3 is 0 Å². The Kier molecular flexibility index (Phi) is 2.92. The van der Waals surface area contributed by atoms with E-state index >= 15 is 0 Å². The summed E-state index contributed by atoms with van der Waals surface area (Å²) in [5, 5.41) is 4.29. The van der Waals surface area contributed by atoms with Crippen LogP contribution in [-0.2, 0) is 0 Å². The highest BCUT2D eigenvalue weighted by Crippen LogP contribution is 2.25. The smallest absolute Gasteiger partial charge is 0.201 e. The van der Waals surface area contributed by atoms with Crippen LogP contribution in [0.25, 0.3) is 11.0 Å². The van der Waals surface area contributed by atoms with Crippen LogP contribution in [0.5, 0.6) is 0 Å². The molecule has 1 fully saturated rings. The molecule has 0 amide bonds. The lowest BCUT2D eigenvalue weighted by Crippen LogP contribution is -2.31. The van der Waals surface area contributed by atoms with Crippen molar-refractivity contribution in [3.8, 4) is 0 Å². The third kappa shape index (κ3) is 2.06. The van der Waals surface area contributed by atoms with Crippen LogP contribution in [0.15, 0.2) is 28.7 Å². The largest absolute Gasteiger partial charge is 0.453 e. The van der Waals surface area contributed by atoms with Gasteiger partial charge in [-0.1, -0.05) is 11.6 Å². The third-order valence-corrected chi connectivity index (χ3v) is 3.62. The second-order valence-corrected chi connectivity index (χ2v) is 5.04. The predicted molar refractivity (Wildman–Crippen MR) is 70.9 cm³/mol. The van der Waals surface area contributed by atoms with Gasteiger partial charge in [-0.05, 0) is 51.1 Å². The van der Waals surface area contributed by atoms with Gasteiger partial charge in [-0.3, -0.25) is 4.79 Å². The number of Topliss-reactive ketones (excluding diaryl/α,β-unsaturated/α-hetero) is 1. The van der Waals surface area contributed by atoms with Gasteiger partial charge in [-0.15, -0.1) is 0 Å². The monoisotopic (exact) mass is 243 g/mol. The molecule has 1 aliphatic rings. The van der Waals surface area contributed by atoms with Crippen molar-refractivity contribution in [1.29, 1.82) is 0 Å². The van der Waals surface area contributed by atoms with Gasteiger partial charge in [-0.2, -0.15) is 0 Å². The van der Waals surface area contributed by atoms with Crippen LogP contribution in [0.1, 0.15) is 29.0 Å². The minimum absolute atomic E-state index is 0.118. The van der Waals surface area contributed by atoms with Crippen molar-refractivity contribution >= 4 is 16.8 Å². The van der Waals surface area contributed by atoms with Crippen molar-refractivity contribution < 1.29 is 9.21 Å². The number of furan rings is 1. The maximum absolute atomic E-state index is 12.3. The first-order valence-corrected chi connectivity index (χ1v) is 6.49. The highest BCUT2D eigenvalue weighted by atomic mass is 16.3. The van der Waals surface area contributed by atoms with E-state index in [2.05, 4.69) is 11.4 Å². The molecule has 0 saturated carbocycles. The summed E-state index contributed by atoms with van der Waals surface area (Å²) in [5.74, 6) is 0.792. The summed E-state index contributed by atoms with van der Waals surface area (Å²) in [6.07, 6.45) is 1.82. The fourth-order valence-corrected chi connectivity index (χ4v) is 2.57. The molecule has 18 heavy (non-hydrogen) atoms. The molecule has 0 aliphatic carbocycles. The Hall–Kier alpha value is -1.61. The number of fused-ring (bicyclic) bond motifs is 1. The van der Waals surface area contributed by atoms with Crippen molar-refractivity contribution in [1.82, 2.24) is 5.32 Å². The van der Waals surface area contributed by atoms with E-state index in [4.69, 9.17) is 4.42 Å². The number of aryl methyl sites for hydroxylation is 1. The minimum atomic E-state index is 0.118. The Balaban J connectivity index is 1.91. The van der Waals surface area contributed by atoms with E-state index in [0.29, 0.717) is 5.76 Å². The molecule has 94 valence electrons. The van der Waals surface area contributed by atoms with Crippen LogP contribution in [0.2, 0.25) is 0 Å². The number of hydrogen-bond donors (Lipinski definition) is 1. The van der Waals surface area contributed by atoms with Crippen molar-refractivity contribution in [3.63, 3.8) is 0 Å². The molecule has 0 atom stereocenters. The van der Waals surface area contributed by atoms with Crippen LogP contribution in [0.3, 0.4) is 0 Å². The predicted octanol–water partition coefficient (Wildman–Crippen LogP) is 2.92. The molecule has 2 heterocycles. The van der Waals surface area contributed by atoms with Gasteiger partial charge in [0.2, 0.25) is 5.78 Å². The van der Waals surface area contributed by atoms with E-state index in [1.54, 1.807) is 0 Å². The number of carbonyl (C=O) groups excluding carboxylic acids is 1. The normalized spacial score (nSPS) is 17.2. The van der Waals surface area contributed by atoms with E-state index in [1.165, 1.54) is 5.56 Å². The van der Waals surface area contributed by atoms with Crippen LogP contribution in [-0.4, -0.2) is 18.9 Å². The van der Waals surface area contributed by atoms with Gasteiger partial charge in [-0.25, -0.2) is 0 Å². The van der Waals surface area contributed by atoms with Gasteiger partial charge in [0.05, 0.1) is 0 Å². The summed E-state index contributed by atoms with van der Waals surface area (Å²) in [6, 6.07) is 7.87. The fourth-order valence-electron chi connectivity index (χ4n) is 2.57. The molecule has 0 unspecified atom stereocenters. The number of rotatable bonds is 2. The van der Waals surface area contributed by atoms with E-state index in [0.717, 1.165) is 36.9 Å². The van der Waals surface area contributed by atoms with Crippen molar-refractivity contribution in [2.45, 2.75) is 19.8 Å². The average molecular weight is 243 g/mol. The molecular formula is C15H17NO2. The Bertz CT molecular complexity index is 579. The summed E-state index contributed by atoms with van der Waals surface area (Å²) in [6.45, 7) is 3.90. The zero-order valence-corrected chi connectivity index (χ0v) is 10.5. The zero-order valence-electron chi connectivity index (χ0n) is 10.5. The number of piperidine rings is 1. The summed E-state index contributed by atoms with van der Waals surface area (Å²) >= 11 is 0. The molecule has 3 rings (SSSR count). The van der Waals surface area contributed by atoms with Crippen LogP contribution >= 0.6 is 0 Å². The van der Waals surface area contributed by atoms with Crippen LogP contribution < -0.4 is 5.32 Å². The molecule has 0 spiro atoms. The standard InChI is InChI=1S/C15H17NO2/c1-10-2-3-13-12(8-10)9-14(18-13)15(17)11-4-6-16-7-5-11/h2-3,8-9,11,16H,4-7H2,1H3. The third-order valence-electron chi connectivity index (χ3n) is 3.62. The Labute approximate surface area is 106 Å². The number of hydrogen-bond acceptors (Lipinski definition) is 3. The maximum Gasteiger partial charge on any atom is 0.201 e. The first-order valence-electron chi connectivity index (χ1n) is 6.49. The van der Waals surface area contributed by atoms with Crippen molar-refractivity contribution in [3.05, 3.63) is 35.6 Å². The summed E-state index contributed by atoms with van der Waals surface area (Å²) < 4.78 is 5.67. The zero-order chi connectivity index (χ0) is 12.5.